The molecule has 1 aromatic heterocycles. The van der Waals surface area contributed by atoms with Crippen LogP contribution in [-0.4, -0.2) is 29.0 Å². The van der Waals surface area contributed by atoms with Crippen molar-refractivity contribution < 1.29 is 14.3 Å². The highest BCUT2D eigenvalue weighted by atomic mass is 32.1. The number of benzene rings is 1. The van der Waals surface area contributed by atoms with E-state index in [0.717, 1.165) is 22.8 Å². The molecular weight excluding hydrogens is 374 g/mol. The van der Waals surface area contributed by atoms with Crippen molar-refractivity contribution in [1.29, 1.82) is 0 Å². The summed E-state index contributed by atoms with van der Waals surface area (Å²) in [6.07, 6.45) is 7.72. The van der Waals surface area contributed by atoms with Crippen molar-refractivity contribution in [2.75, 3.05) is 12.4 Å². The summed E-state index contributed by atoms with van der Waals surface area (Å²) in [7, 11) is 1.56. The monoisotopic (exact) mass is 397 g/mol. The first-order valence-corrected chi connectivity index (χ1v) is 10.7. The maximum absolute atomic E-state index is 12.4. The molecule has 28 heavy (non-hydrogen) atoms. The molecule has 4 aliphatic rings. The number of Topliss-reactive ketones (excluding diaryl/α,β-unsaturated/α-hetero) is 1. The fourth-order valence-electron chi connectivity index (χ4n) is 5.89. The van der Waals surface area contributed by atoms with E-state index in [1.54, 1.807) is 31.4 Å². The zero-order valence-electron chi connectivity index (χ0n) is 15.8. The number of anilines is 1. The van der Waals surface area contributed by atoms with Crippen LogP contribution in [0.5, 0.6) is 5.75 Å². The summed E-state index contributed by atoms with van der Waals surface area (Å²) < 4.78 is 5.08. The second-order valence-electron chi connectivity index (χ2n) is 8.62. The Kier molecular flexibility index (Phi) is 4.23. The maximum atomic E-state index is 12.4. The van der Waals surface area contributed by atoms with E-state index in [-0.39, 0.29) is 5.41 Å². The summed E-state index contributed by atoms with van der Waals surface area (Å²) in [5.74, 6) is 1.84. The number of ether oxygens (including phenoxy) is 1. The lowest BCUT2D eigenvalue weighted by molar-refractivity contribution is -0.112. The number of aromatic nitrogens is 2. The lowest BCUT2D eigenvalue weighted by Crippen LogP contribution is -2.48. The summed E-state index contributed by atoms with van der Waals surface area (Å²) in [4.78, 5) is 24.8. The first-order chi connectivity index (χ1) is 13.5. The van der Waals surface area contributed by atoms with E-state index < -0.39 is 11.7 Å². The third kappa shape index (κ3) is 3.02. The van der Waals surface area contributed by atoms with Crippen LogP contribution in [0.25, 0.3) is 0 Å². The highest BCUT2D eigenvalue weighted by Gasteiger charge is 2.53. The standard InChI is InChI=1S/C21H23N3O3S/c1-27-16-4-2-15(3-5-16)17(25)18(26)22-20-24-23-19(28-20)21-9-12-6-13(10-21)8-14(7-12)11-21/h2-5,12-14H,6-11H2,1H3,(H,22,24,26). The molecule has 4 saturated carbocycles. The molecule has 0 atom stereocenters. The molecule has 4 aliphatic carbocycles. The van der Waals surface area contributed by atoms with Crippen LogP contribution in [0.2, 0.25) is 0 Å². The Morgan fingerprint density at radius 3 is 2.21 bits per heavy atom. The molecule has 6 nitrogen and oxygen atoms in total. The molecule has 6 rings (SSSR count). The van der Waals surface area contributed by atoms with E-state index in [0.29, 0.717) is 16.4 Å². The van der Waals surface area contributed by atoms with Crippen LogP contribution in [0.4, 0.5) is 5.13 Å². The van der Waals surface area contributed by atoms with Crippen molar-refractivity contribution in [3.8, 4) is 5.75 Å². The number of carbonyl (C=O) groups excluding carboxylic acids is 2. The Labute approximate surface area is 167 Å². The first kappa shape index (κ1) is 17.8. The summed E-state index contributed by atoms with van der Waals surface area (Å²) in [6.45, 7) is 0. The second kappa shape index (κ2) is 6.65. The highest BCUT2D eigenvalue weighted by molar-refractivity contribution is 7.15. The molecule has 7 heteroatoms. The molecule has 1 aromatic carbocycles. The number of nitrogens with one attached hydrogen (secondary N) is 1. The number of amides is 1. The normalized spacial score (nSPS) is 30.2. The van der Waals surface area contributed by atoms with Crippen LogP contribution in [0, 0.1) is 17.8 Å². The van der Waals surface area contributed by atoms with E-state index in [2.05, 4.69) is 15.5 Å². The zero-order chi connectivity index (χ0) is 19.3. The van der Waals surface area contributed by atoms with Gasteiger partial charge in [0.25, 0.3) is 11.7 Å². The number of nitrogens with zero attached hydrogens (tertiary/aromatic N) is 2. The quantitative estimate of drug-likeness (QED) is 0.612. The molecular formula is C21H23N3O3S. The number of carbonyl (C=O) groups is 2. The van der Waals surface area contributed by atoms with E-state index >= 15 is 0 Å². The molecule has 0 aliphatic heterocycles. The molecule has 0 saturated heterocycles. The van der Waals surface area contributed by atoms with Gasteiger partial charge in [-0.25, -0.2) is 0 Å². The van der Waals surface area contributed by atoms with Gasteiger partial charge in [-0.1, -0.05) is 11.3 Å². The fraction of sp³-hybridized carbons (Fsp3) is 0.524. The number of hydrogen-bond acceptors (Lipinski definition) is 6. The van der Waals surface area contributed by atoms with Crippen molar-refractivity contribution >= 4 is 28.2 Å². The minimum Gasteiger partial charge on any atom is -0.497 e. The van der Waals surface area contributed by atoms with Gasteiger partial charge in [0, 0.05) is 11.0 Å². The summed E-state index contributed by atoms with van der Waals surface area (Å²) in [5.41, 5.74) is 0.471. The SMILES string of the molecule is COc1ccc(C(=O)C(=O)Nc2nnc(C34CC5CC(CC(C5)C3)C4)s2)cc1. The van der Waals surface area contributed by atoms with Crippen LogP contribution in [0.3, 0.4) is 0 Å². The molecule has 2 aromatic rings. The van der Waals surface area contributed by atoms with E-state index in [9.17, 15) is 9.59 Å². The Morgan fingerprint density at radius 1 is 1.04 bits per heavy atom. The molecule has 0 radical (unpaired) electrons. The number of hydrogen-bond donors (Lipinski definition) is 1. The maximum Gasteiger partial charge on any atom is 0.298 e. The van der Waals surface area contributed by atoms with E-state index in [4.69, 9.17) is 4.74 Å². The van der Waals surface area contributed by atoms with Crippen LogP contribution >= 0.6 is 11.3 Å². The van der Waals surface area contributed by atoms with Gasteiger partial charge < -0.3 is 4.74 Å². The third-order valence-electron chi connectivity index (χ3n) is 6.70. The van der Waals surface area contributed by atoms with Gasteiger partial charge in [-0.05, 0) is 80.5 Å². The molecule has 4 fully saturated rings. The average molecular weight is 398 g/mol. The van der Waals surface area contributed by atoms with Gasteiger partial charge >= 0.3 is 0 Å². The Balaban J connectivity index is 1.30. The van der Waals surface area contributed by atoms with E-state index in [1.165, 1.54) is 49.9 Å². The lowest BCUT2D eigenvalue weighted by Gasteiger charge is -2.55. The molecule has 4 bridgehead atoms. The highest BCUT2D eigenvalue weighted by Crippen LogP contribution is 2.61. The van der Waals surface area contributed by atoms with Crippen molar-refractivity contribution in [2.45, 2.75) is 43.9 Å². The van der Waals surface area contributed by atoms with Crippen LogP contribution in [0.1, 0.15) is 53.9 Å². The number of methoxy groups -OCH3 is 1. The van der Waals surface area contributed by atoms with Crippen LogP contribution in [-0.2, 0) is 10.2 Å². The molecule has 146 valence electrons. The van der Waals surface area contributed by atoms with Gasteiger partial charge in [-0.2, -0.15) is 0 Å². The minimum absolute atomic E-state index is 0.148. The Morgan fingerprint density at radius 2 is 1.64 bits per heavy atom. The minimum atomic E-state index is -0.682. The van der Waals surface area contributed by atoms with Crippen LogP contribution in [0.15, 0.2) is 24.3 Å². The zero-order valence-corrected chi connectivity index (χ0v) is 16.6. The van der Waals surface area contributed by atoms with Gasteiger partial charge in [0.1, 0.15) is 10.8 Å². The Hall–Kier alpha value is -2.28. The summed E-state index contributed by atoms with van der Waals surface area (Å²) >= 11 is 1.44. The number of rotatable bonds is 5. The molecule has 1 amide bonds. The van der Waals surface area contributed by atoms with Crippen molar-refractivity contribution in [2.24, 2.45) is 17.8 Å². The predicted molar refractivity (Wildman–Crippen MR) is 106 cm³/mol. The summed E-state index contributed by atoms with van der Waals surface area (Å²) in [5, 5.41) is 12.7. The summed E-state index contributed by atoms with van der Waals surface area (Å²) in [6, 6.07) is 6.50. The Bertz CT molecular complexity index is 886. The topological polar surface area (TPSA) is 81.2 Å². The number of ketones is 1. The van der Waals surface area contributed by atoms with Gasteiger partial charge in [0.05, 0.1) is 7.11 Å². The van der Waals surface area contributed by atoms with Gasteiger partial charge in [0.15, 0.2) is 0 Å². The largest absolute Gasteiger partial charge is 0.497 e. The molecule has 1 N–H and O–H groups in total. The smallest absolute Gasteiger partial charge is 0.298 e. The van der Waals surface area contributed by atoms with Crippen molar-refractivity contribution in [3.05, 3.63) is 34.8 Å². The van der Waals surface area contributed by atoms with Crippen LogP contribution < -0.4 is 10.1 Å². The molecule has 1 heterocycles. The second-order valence-corrected chi connectivity index (χ2v) is 9.60. The molecule has 0 spiro atoms. The average Bonchev–Trinajstić information content (AvgIpc) is 3.16. The molecule has 0 unspecified atom stereocenters. The van der Waals surface area contributed by atoms with Crippen molar-refractivity contribution in [3.63, 3.8) is 0 Å². The predicted octanol–water partition coefficient (Wildman–Crippen LogP) is 3.84. The van der Waals surface area contributed by atoms with Gasteiger partial charge in [0.2, 0.25) is 5.13 Å². The third-order valence-corrected chi connectivity index (χ3v) is 7.78. The van der Waals surface area contributed by atoms with E-state index in [1.807, 2.05) is 0 Å². The lowest BCUT2D eigenvalue weighted by atomic mass is 9.50. The fourth-order valence-corrected chi connectivity index (χ4v) is 6.84. The van der Waals surface area contributed by atoms with Crippen molar-refractivity contribution in [1.82, 2.24) is 10.2 Å². The van der Waals surface area contributed by atoms with Gasteiger partial charge in [-0.3, -0.25) is 14.9 Å². The first-order valence-electron chi connectivity index (χ1n) is 9.88. The van der Waals surface area contributed by atoms with Gasteiger partial charge in [-0.15, -0.1) is 10.2 Å².